The predicted octanol–water partition coefficient (Wildman–Crippen LogP) is 0.807. The number of nitrogens with one attached hydrogen (secondary N) is 1. The molecule has 8 heteroatoms. The lowest BCUT2D eigenvalue weighted by atomic mass is 9.60. The second kappa shape index (κ2) is 9.33. The van der Waals surface area contributed by atoms with E-state index in [1.807, 2.05) is 13.0 Å². The summed E-state index contributed by atoms with van der Waals surface area (Å²) in [6, 6.07) is -0.880. The molecule has 186 valence electrons. The smallest absolute Gasteiger partial charge is 0.222 e. The third-order valence-electron chi connectivity index (χ3n) is 8.11. The Morgan fingerprint density at radius 1 is 1.12 bits per heavy atom. The third-order valence-corrected chi connectivity index (χ3v) is 8.11. The summed E-state index contributed by atoms with van der Waals surface area (Å²) in [7, 11) is 0. The van der Waals surface area contributed by atoms with Gasteiger partial charge in [-0.2, -0.15) is 0 Å². The lowest BCUT2D eigenvalue weighted by Gasteiger charge is -2.47. The quantitative estimate of drug-likeness (QED) is 0.439. The molecular weight excluding hydrogens is 436 g/mol. The first-order valence-corrected chi connectivity index (χ1v) is 12.3. The molecule has 3 aliphatic heterocycles. The first-order chi connectivity index (χ1) is 16.3. The molecule has 0 radical (unpaired) electrons. The zero-order chi connectivity index (χ0) is 24.0. The molecule has 8 nitrogen and oxygen atoms in total. The summed E-state index contributed by atoms with van der Waals surface area (Å²) in [6.07, 6.45) is 13.5. The molecule has 0 bridgehead atoms. The van der Waals surface area contributed by atoms with Crippen molar-refractivity contribution in [2.45, 2.75) is 62.6 Å². The molecule has 5 N–H and O–H groups in total. The Hall–Kier alpha value is -1.81. The molecule has 0 saturated carbocycles. The number of nitrogens with two attached hydrogens (primary N) is 1. The number of hydrogen-bond acceptors (Lipinski definition) is 7. The van der Waals surface area contributed by atoms with Gasteiger partial charge in [-0.15, -0.1) is 0 Å². The Labute approximate surface area is 200 Å². The summed E-state index contributed by atoms with van der Waals surface area (Å²) in [5.41, 5.74) is 5.41. The lowest BCUT2D eigenvalue weighted by Crippen LogP contribution is -2.61. The molecule has 3 heterocycles. The van der Waals surface area contributed by atoms with Gasteiger partial charge >= 0.3 is 0 Å². The maximum absolute atomic E-state index is 12.8. The van der Waals surface area contributed by atoms with Crippen LogP contribution in [0.5, 0.6) is 0 Å². The van der Waals surface area contributed by atoms with Gasteiger partial charge in [-0.25, -0.2) is 0 Å². The van der Waals surface area contributed by atoms with Gasteiger partial charge in [-0.05, 0) is 12.8 Å². The van der Waals surface area contributed by atoms with E-state index in [1.54, 1.807) is 0 Å². The van der Waals surface area contributed by atoms with Crippen molar-refractivity contribution in [2.24, 2.45) is 35.3 Å². The Kier molecular flexibility index (Phi) is 6.56. The van der Waals surface area contributed by atoms with Crippen molar-refractivity contribution in [1.29, 1.82) is 0 Å². The predicted molar refractivity (Wildman–Crippen MR) is 125 cm³/mol. The summed E-state index contributed by atoms with van der Waals surface area (Å²) in [4.78, 5) is 12.8. The number of allylic oxidation sites excluding steroid dienone is 6. The molecule has 5 rings (SSSR count). The number of carbonyl (C=O) groups excluding carboxylic acids is 1. The number of hydrogen-bond donors (Lipinski definition) is 4. The van der Waals surface area contributed by atoms with Gasteiger partial charge in [0.15, 0.2) is 6.29 Å². The number of aliphatic hydroxyl groups is 2. The van der Waals surface area contributed by atoms with Gasteiger partial charge in [0, 0.05) is 30.2 Å². The Balaban J connectivity index is 1.44. The van der Waals surface area contributed by atoms with Crippen LogP contribution < -0.4 is 11.1 Å². The van der Waals surface area contributed by atoms with Gasteiger partial charge in [0.05, 0.1) is 30.8 Å². The molecule has 1 amide bonds. The molecule has 12 atom stereocenters. The summed E-state index contributed by atoms with van der Waals surface area (Å²) >= 11 is 0. The number of ether oxygens (including phenoxy) is 3. The molecule has 5 aliphatic rings. The van der Waals surface area contributed by atoms with E-state index < -0.39 is 36.2 Å². The average Bonchev–Trinajstić information content (AvgIpc) is 3.11. The van der Waals surface area contributed by atoms with E-state index in [1.165, 1.54) is 0 Å². The number of amides is 1. The highest BCUT2D eigenvalue weighted by molar-refractivity contribution is 5.76. The minimum absolute atomic E-state index is 0.0120. The van der Waals surface area contributed by atoms with Crippen LogP contribution in [0.1, 0.15) is 20.3 Å². The minimum atomic E-state index is -1.13. The largest absolute Gasteiger partial charge is 0.389 e. The normalized spacial score (nSPS) is 50.3. The van der Waals surface area contributed by atoms with Crippen LogP contribution in [-0.2, 0) is 19.0 Å². The van der Waals surface area contributed by atoms with E-state index in [-0.39, 0.29) is 54.6 Å². The van der Waals surface area contributed by atoms with Crippen molar-refractivity contribution >= 4 is 5.91 Å². The highest BCUT2D eigenvalue weighted by atomic mass is 16.7. The van der Waals surface area contributed by atoms with Crippen molar-refractivity contribution < 1.29 is 29.2 Å². The summed E-state index contributed by atoms with van der Waals surface area (Å²) in [5.74, 6) is 0.747. The van der Waals surface area contributed by atoms with Crippen molar-refractivity contribution in [3.05, 3.63) is 48.6 Å². The van der Waals surface area contributed by atoms with Crippen LogP contribution in [0, 0.1) is 29.6 Å². The maximum Gasteiger partial charge on any atom is 0.222 e. The van der Waals surface area contributed by atoms with Gasteiger partial charge in [0.1, 0.15) is 18.3 Å². The van der Waals surface area contributed by atoms with Crippen LogP contribution in [0.3, 0.4) is 0 Å². The molecule has 2 saturated heterocycles. The molecule has 34 heavy (non-hydrogen) atoms. The van der Waals surface area contributed by atoms with Gasteiger partial charge in [-0.1, -0.05) is 55.5 Å². The maximum atomic E-state index is 12.8. The first kappa shape index (κ1) is 23.9. The van der Waals surface area contributed by atoms with E-state index in [9.17, 15) is 15.0 Å². The van der Waals surface area contributed by atoms with Crippen LogP contribution in [0.25, 0.3) is 0 Å². The number of rotatable bonds is 2. The molecule has 0 spiro atoms. The van der Waals surface area contributed by atoms with Crippen LogP contribution >= 0.6 is 0 Å². The molecule has 2 fully saturated rings. The number of carbonyl (C=O) groups is 1. The molecule has 0 aromatic heterocycles. The molecular formula is C26H36N2O6. The fourth-order valence-electron chi connectivity index (χ4n) is 6.28. The zero-order valence-electron chi connectivity index (χ0n) is 19.7. The first-order valence-electron chi connectivity index (χ1n) is 12.3. The van der Waals surface area contributed by atoms with E-state index in [0.717, 1.165) is 0 Å². The summed E-state index contributed by atoms with van der Waals surface area (Å²) in [5, 5.41) is 23.1. The van der Waals surface area contributed by atoms with Gasteiger partial charge in [-0.3, -0.25) is 4.79 Å². The fourth-order valence-corrected chi connectivity index (χ4v) is 6.28. The second-order valence-corrected chi connectivity index (χ2v) is 10.5. The SMILES string of the molecule is C[C@H]1C=CC=C[C@H]2C=C[C@H]3C=C[C@@H](O[C@H]4OC[C@H](O)[C@@H](O)[C@@H]4N)[C@@]4(C)O[C@@H](CC(=O)NC1)[C@H]2[C@@H]34. The zero-order valence-corrected chi connectivity index (χ0v) is 19.7. The molecule has 0 aromatic rings. The third kappa shape index (κ3) is 4.21. The highest BCUT2D eigenvalue weighted by Crippen LogP contribution is 2.56. The van der Waals surface area contributed by atoms with Gasteiger partial charge < -0.3 is 35.5 Å². The van der Waals surface area contributed by atoms with E-state index in [2.05, 4.69) is 54.8 Å². The number of aliphatic hydroxyl groups excluding tert-OH is 2. The summed E-state index contributed by atoms with van der Waals surface area (Å²) in [6.45, 7) is 4.66. The van der Waals surface area contributed by atoms with Crippen LogP contribution in [0.4, 0.5) is 0 Å². The molecule has 0 unspecified atom stereocenters. The second-order valence-electron chi connectivity index (χ2n) is 10.5. The van der Waals surface area contributed by atoms with E-state index in [4.69, 9.17) is 19.9 Å². The van der Waals surface area contributed by atoms with E-state index in [0.29, 0.717) is 6.54 Å². The average molecular weight is 473 g/mol. The molecule has 0 aromatic carbocycles. The Morgan fingerprint density at radius 3 is 2.68 bits per heavy atom. The van der Waals surface area contributed by atoms with E-state index >= 15 is 0 Å². The lowest BCUT2D eigenvalue weighted by molar-refractivity contribution is -0.263. The van der Waals surface area contributed by atoms with Gasteiger partial charge in [0.25, 0.3) is 0 Å². The minimum Gasteiger partial charge on any atom is -0.389 e. The fraction of sp³-hybridized carbons (Fsp3) is 0.654. The molecule has 2 aliphatic carbocycles. The topological polar surface area (TPSA) is 123 Å². The van der Waals surface area contributed by atoms with Crippen LogP contribution in [0.15, 0.2) is 48.6 Å². The monoisotopic (exact) mass is 472 g/mol. The van der Waals surface area contributed by atoms with Crippen molar-refractivity contribution in [3.63, 3.8) is 0 Å². The highest BCUT2D eigenvalue weighted by Gasteiger charge is 2.62. The Bertz CT molecular complexity index is 902. The Morgan fingerprint density at radius 2 is 1.85 bits per heavy atom. The van der Waals surface area contributed by atoms with Crippen LogP contribution in [0.2, 0.25) is 0 Å². The van der Waals surface area contributed by atoms with Crippen LogP contribution in [-0.4, -0.2) is 71.6 Å². The van der Waals surface area contributed by atoms with Crippen molar-refractivity contribution in [2.75, 3.05) is 13.2 Å². The standard InChI is InChI=1S/C26H36N2O6/c1-14-5-3-4-6-15-7-8-16-9-10-19(33-25-23(27)24(31)17(29)13-32-25)26(2)22(16)21(15)18(34-26)11-20(30)28-12-14/h3-10,14-19,21-25,29,31H,11-13,27H2,1-2H3,(H,28,30)/t14-,15-,16-,17-,18-,19+,21-,22+,23-,24+,25+,26+/m0/s1. The van der Waals surface area contributed by atoms with Crippen molar-refractivity contribution in [3.8, 4) is 0 Å². The van der Waals surface area contributed by atoms with Gasteiger partial charge in [0.2, 0.25) is 5.91 Å². The summed E-state index contributed by atoms with van der Waals surface area (Å²) < 4.78 is 18.7. The van der Waals surface area contributed by atoms with Crippen molar-refractivity contribution in [1.82, 2.24) is 5.32 Å².